The molecule has 2 rings (SSSR count). The zero-order valence-corrected chi connectivity index (χ0v) is 10.4. The molecule has 0 radical (unpaired) electrons. The van der Waals surface area contributed by atoms with Crippen molar-refractivity contribution in [1.82, 2.24) is 9.97 Å². The average Bonchev–Trinajstić information content (AvgIpc) is 2.29. The Morgan fingerprint density at radius 2 is 2.12 bits per heavy atom. The molecule has 1 fully saturated rings. The van der Waals surface area contributed by atoms with Gasteiger partial charge in [0.15, 0.2) is 0 Å². The lowest BCUT2D eigenvalue weighted by Gasteiger charge is -2.25. The Labute approximate surface area is 102 Å². The minimum absolute atomic E-state index is 0.0444. The number of hydrogen-bond donors (Lipinski definition) is 2. The van der Waals surface area contributed by atoms with Crippen LogP contribution in [0.25, 0.3) is 0 Å². The standard InChI is InChI=1S/C13H21N3O/c1-9-2-4-10(5-3-9)13-15-11(6-7-14)8-12(17)16-13/h8-10H,2-7,14H2,1H3,(H,15,16,17). The summed E-state index contributed by atoms with van der Waals surface area (Å²) in [6.07, 6.45) is 5.41. The summed E-state index contributed by atoms with van der Waals surface area (Å²) in [5.74, 6) is 2.11. The Morgan fingerprint density at radius 1 is 1.41 bits per heavy atom. The molecule has 4 nitrogen and oxygen atoms in total. The van der Waals surface area contributed by atoms with E-state index in [-0.39, 0.29) is 5.56 Å². The Balaban J connectivity index is 2.17. The quantitative estimate of drug-likeness (QED) is 0.835. The fourth-order valence-electron chi connectivity index (χ4n) is 2.53. The highest BCUT2D eigenvalue weighted by Crippen LogP contribution is 2.33. The third kappa shape index (κ3) is 3.16. The minimum atomic E-state index is -0.0444. The van der Waals surface area contributed by atoms with Gasteiger partial charge < -0.3 is 10.7 Å². The molecule has 0 aliphatic heterocycles. The van der Waals surface area contributed by atoms with Crippen molar-refractivity contribution in [2.75, 3.05) is 6.54 Å². The van der Waals surface area contributed by atoms with Gasteiger partial charge in [0.05, 0.1) is 0 Å². The molecule has 17 heavy (non-hydrogen) atoms. The van der Waals surface area contributed by atoms with Crippen molar-refractivity contribution in [3.05, 3.63) is 27.9 Å². The molecular weight excluding hydrogens is 214 g/mol. The summed E-state index contributed by atoms with van der Waals surface area (Å²) in [6, 6.07) is 1.56. The van der Waals surface area contributed by atoms with Crippen LogP contribution in [0.1, 0.15) is 50.0 Å². The van der Waals surface area contributed by atoms with Crippen LogP contribution in [0.2, 0.25) is 0 Å². The van der Waals surface area contributed by atoms with E-state index in [2.05, 4.69) is 16.9 Å². The first-order valence-electron chi connectivity index (χ1n) is 6.49. The van der Waals surface area contributed by atoms with E-state index >= 15 is 0 Å². The number of hydrogen-bond acceptors (Lipinski definition) is 3. The molecule has 0 aromatic carbocycles. The molecule has 1 aromatic heterocycles. The Morgan fingerprint density at radius 3 is 2.76 bits per heavy atom. The second kappa shape index (κ2) is 5.45. The van der Waals surface area contributed by atoms with E-state index < -0.39 is 0 Å². The second-order valence-electron chi connectivity index (χ2n) is 5.12. The van der Waals surface area contributed by atoms with Gasteiger partial charge in [-0.3, -0.25) is 4.79 Å². The molecule has 94 valence electrons. The lowest BCUT2D eigenvalue weighted by atomic mass is 9.82. The van der Waals surface area contributed by atoms with Crippen LogP contribution in [0.3, 0.4) is 0 Å². The summed E-state index contributed by atoms with van der Waals surface area (Å²) in [7, 11) is 0. The van der Waals surface area contributed by atoms with Gasteiger partial charge in [0.1, 0.15) is 5.82 Å². The SMILES string of the molecule is CC1CCC(c2nc(CCN)cc(=O)[nH]2)CC1. The predicted molar refractivity (Wildman–Crippen MR) is 68.0 cm³/mol. The van der Waals surface area contributed by atoms with Gasteiger partial charge in [0.25, 0.3) is 5.56 Å². The van der Waals surface area contributed by atoms with Crippen LogP contribution >= 0.6 is 0 Å². The molecule has 0 spiro atoms. The molecule has 0 unspecified atom stereocenters. The minimum Gasteiger partial charge on any atom is -0.330 e. The van der Waals surface area contributed by atoms with Crippen LogP contribution in [0.15, 0.2) is 10.9 Å². The van der Waals surface area contributed by atoms with Crippen LogP contribution in [0.4, 0.5) is 0 Å². The number of nitrogens with zero attached hydrogens (tertiary/aromatic N) is 1. The maximum absolute atomic E-state index is 11.6. The topological polar surface area (TPSA) is 71.8 Å². The van der Waals surface area contributed by atoms with E-state index in [0.717, 1.165) is 30.3 Å². The van der Waals surface area contributed by atoms with Crippen LogP contribution < -0.4 is 11.3 Å². The van der Waals surface area contributed by atoms with Gasteiger partial charge in [-0.05, 0) is 25.3 Å². The highest BCUT2D eigenvalue weighted by atomic mass is 16.1. The fourth-order valence-corrected chi connectivity index (χ4v) is 2.53. The fraction of sp³-hybridized carbons (Fsp3) is 0.692. The van der Waals surface area contributed by atoms with Crippen LogP contribution in [-0.4, -0.2) is 16.5 Å². The lowest BCUT2D eigenvalue weighted by molar-refractivity contribution is 0.339. The van der Waals surface area contributed by atoms with Gasteiger partial charge in [-0.25, -0.2) is 4.98 Å². The normalized spacial score (nSPS) is 24.8. The van der Waals surface area contributed by atoms with Crippen molar-refractivity contribution >= 4 is 0 Å². The van der Waals surface area contributed by atoms with Gasteiger partial charge in [-0.15, -0.1) is 0 Å². The summed E-state index contributed by atoms with van der Waals surface area (Å²) in [4.78, 5) is 19.0. The highest BCUT2D eigenvalue weighted by Gasteiger charge is 2.21. The molecule has 0 bridgehead atoms. The molecule has 0 atom stereocenters. The monoisotopic (exact) mass is 235 g/mol. The van der Waals surface area contributed by atoms with Gasteiger partial charge in [0, 0.05) is 24.1 Å². The van der Waals surface area contributed by atoms with Crippen LogP contribution in [-0.2, 0) is 6.42 Å². The van der Waals surface area contributed by atoms with E-state index in [9.17, 15) is 4.79 Å². The van der Waals surface area contributed by atoms with E-state index in [1.165, 1.54) is 12.8 Å². The summed E-state index contributed by atoms with van der Waals surface area (Å²) in [6.45, 7) is 2.83. The molecular formula is C13H21N3O. The van der Waals surface area contributed by atoms with Gasteiger partial charge >= 0.3 is 0 Å². The molecule has 1 saturated carbocycles. The molecule has 0 amide bonds. The zero-order chi connectivity index (χ0) is 12.3. The molecule has 1 aliphatic rings. The average molecular weight is 235 g/mol. The van der Waals surface area contributed by atoms with Crippen molar-refractivity contribution in [3.63, 3.8) is 0 Å². The first kappa shape index (κ1) is 12.3. The molecule has 4 heteroatoms. The predicted octanol–water partition coefficient (Wildman–Crippen LogP) is 1.56. The number of nitrogens with two attached hydrogens (primary N) is 1. The first-order chi connectivity index (χ1) is 8.19. The van der Waals surface area contributed by atoms with Crippen molar-refractivity contribution in [2.45, 2.75) is 44.9 Å². The Hall–Kier alpha value is -1.16. The molecule has 0 saturated heterocycles. The third-order valence-corrected chi connectivity index (χ3v) is 3.62. The maximum Gasteiger partial charge on any atom is 0.251 e. The Kier molecular flexibility index (Phi) is 3.94. The molecule has 3 N–H and O–H groups in total. The molecule has 1 aromatic rings. The van der Waals surface area contributed by atoms with Crippen molar-refractivity contribution in [2.24, 2.45) is 11.7 Å². The first-order valence-corrected chi connectivity index (χ1v) is 6.49. The summed E-state index contributed by atoms with van der Waals surface area (Å²) in [5, 5.41) is 0. The van der Waals surface area contributed by atoms with Crippen LogP contribution in [0, 0.1) is 5.92 Å². The van der Waals surface area contributed by atoms with Gasteiger partial charge in [0.2, 0.25) is 0 Å². The number of rotatable bonds is 3. The highest BCUT2D eigenvalue weighted by molar-refractivity contribution is 5.07. The maximum atomic E-state index is 11.6. The molecule has 1 aliphatic carbocycles. The smallest absolute Gasteiger partial charge is 0.251 e. The van der Waals surface area contributed by atoms with Crippen molar-refractivity contribution in [3.8, 4) is 0 Å². The summed E-state index contributed by atoms with van der Waals surface area (Å²) in [5.41, 5.74) is 6.28. The van der Waals surface area contributed by atoms with Crippen LogP contribution in [0.5, 0.6) is 0 Å². The van der Waals surface area contributed by atoms with E-state index in [1.807, 2.05) is 0 Å². The lowest BCUT2D eigenvalue weighted by Crippen LogP contribution is -2.20. The van der Waals surface area contributed by atoms with Crippen molar-refractivity contribution in [1.29, 1.82) is 0 Å². The summed E-state index contributed by atoms with van der Waals surface area (Å²) >= 11 is 0. The largest absolute Gasteiger partial charge is 0.330 e. The number of aromatic nitrogens is 2. The van der Waals surface area contributed by atoms with E-state index in [4.69, 9.17) is 5.73 Å². The van der Waals surface area contributed by atoms with E-state index in [1.54, 1.807) is 6.07 Å². The van der Waals surface area contributed by atoms with E-state index in [0.29, 0.717) is 18.9 Å². The number of nitrogens with one attached hydrogen (secondary N) is 1. The van der Waals surface area contributed by atoms with Gasteiger partial charge in [-0.2, -0.15) is 0 Å². The molecule has 1 heterocycles. The zero-order valence-electron chi connectivity index (χ0n) is 10.4. The van der Waals surface area contributed by atoms with Gasteiger partial charge in [-0.1, -0.05) is 19.8 Å². The Bertz CT molecular complexity index is 419. The van der Waals surface area contributed by atoms with Crippen molar-refractivity contribution < 1.29 is 0 Å². The third-order valence-electron chi connectivity index (χ3n) is 3.62. The summed E-state index contributed by atoms with van der Waals surface area (Å²) < 4.78 is 0. The second-order valence-corrected chi connectivity index (χ2v) is 5.12. The number of H-pyrrole nitrogens is 1. The number of aromatic amines is 1.